The van der Waals surface area contributed by atoms with E-state index in [0.717, 1.165) is 26.9 Å². The van der Waals surface area contributed by atoms with Crippen LogP contribution in [0, 0.1) is 13.8 Å². The first kappa shape index (κ1) is 21.9. The molecule has 0 unspecified atom stereocenters. The van der Waals surface area contributed by atoms with E-state index in [0.29, 0.717) is 10.7 Å². The monoisotopic (exact) mass is 445 g/mol. The zero-order valence-corrected chi connectivity index (χ0v) is 19.0. The first-order valence-corrected chi connectivity index (χ1v) is 11.4. The molecule has 0 spiro atoms. The molecule has 3 rings (SSSR count). The van der Waals surface area contributed by atoms with Crippen LogP contribution in [0.5, 0.6) is 5.75 Å². The molecule has 0 aliphatic heterocycles. The van der Waals surface area contributed by atoms with Gasteiger partial charge in [0.2, 0.25) is 10.0 Å². The molecule has 2 aromatic carbocycles. The summed E-state index contributed by atoms with van der Waals surface area (Å²) in [7, 11) is 0.869. The normalized spacial score (nSPS) is 11.5. The highest BCUT2D eigenvalue weighted by molar-refractivity contribution is 7.89. The summed E-state index contributed by atoms with van der Waals surface area (Å²) in [6, 6.07) is 10.5. The van der Waals surface area contributed by atoms with Crippen LogP contribution in [0.25, 0.3) is 11.3 Å². The number of carbonyl (C=O) groups is 1. The number of aryl methyl sites for hydroxylation is 1. The molecule has 0 saturated carbocycles. The van der Waals surface area contributed by atoms with Crippen LogP contribution in [0.1, 0.15) is 21.5 Å². The number of aromatic nitrogens is 1. The van der Waals surface area contributed by atoms with Crippen molar-refractivity contribution in [2.45, 2.75) is 18.7 Å². The van der Waals surface area contributed by atoms with Crippen molar-refractivity contribution in [2.24, 2.45) is 0 Å². The Morgan fingerprint density at radius 2 is 1.80 bits per heavy atom. The molecule has 3 aromatic rings. The van der Waals surface area contributed by atoms with E-state index >= 15 is 0 Å². The van der Waals surface area contributed by atoms with Crippen LogP contribution in [-0.2, 0) is 10.0 Å². The lowest BCUT2D eigenvalue weighted by molar-refractivity contribution is 0.102. The molecular weight excluding hydrogens is 422 g/mol. The first-order chi connectivity index (χ1) is 14.1. The van der Waals surface area contributed by atoms with Gasteiger partial charge in [-0.25, -0.2) is 17.7 Å². The Morgan fingerprint density at radius 3 is 2.40 bits per heavy atom. The van der Waals surface area contributed by atoms with Crippen molar-refractivity contribution < 1.29 is 17.9 Å². The summed E-state index contributed by atoms with van der Waals surface area (Å²) in [5.74, 6) is 0.338. The summed E-state index contributed by atoms with van der Waals surface area (Å²) in [4.78, 5) is 17.4. The topological polar surface area (TPSA) is 88.6 Å². The van der Waals surface area contributed by atoms with Crippen LogP contribution in [-0.4, -0.2) is 44.8 Å². The number of carbonyl (C=O) groups excluding carboxylic acids is 1. The number of amides is 1. The highest BCUT2D eigenvalue weighted by Gasteiger charge is 2.23. The molecule has 0 radical (unpaired) electrons. The molecule has 0 saturated heterocycles. The highest BCUT2D eigenvalue weighted by atomic mass is 32.2. The molecular formula is C21H23N3O4S2. The summed E-state index contributed by atoms with van der Waals surface area (Å²) in [6.07, 6.45) is 0. The van der Waals surface area contributed by atoms with E-state index < -0.39 is 15.9 Å². The second-order valence-electron chi connectivity index (χ2n) is 6.92. The van der Waals surface area contributed by atoms with Crippen LogP contribution in [0.15, 0.2) is 46.7 Å². The Kier molecular flexibility index (Phi) is 6.25. The van der Waals surface area contributed by atoms with Crippen LogP contribution in [0.4, 0.5) is 5.13 Å². The van der Waals surface area contributed by atoms with Crippen molar-refractivity contribution in [3.8, 4) is 17.0 Å². The van der Waals surface area contributed by atoms with Crippen LogP contribution in [0.2, 0.25) is 0 Å². The smallest absolute Gasteiger partial charge is 0.257 e. The number of sulfonamides is 1. The van der Waals surface area contributed by atoms with Gasteiger partial charge in [0.05, 0.1) is 17.7 Å². The number of nitrogens with zero attached hydrogens (tertiary/aromatic N) is 2. The van der Waals surface area contributed by atoms with Crippen molar-refractivity contribution in [1.29, 1.82) is 0 Å². The number of anilines is 1. The number of methoxy groups -OCH3 is 1. The third-order valence-corrected chi connectivity index (χ3v) is 7.45. The third kappa shape index (κ3) is 4.38. The summed E-state index contributed by atoms with van der Waals surface area (Å²) < 4.78 is 31.5. The minimum Gasteiger partial charge on any atom is -0.497 e. The number of hydrogen-bond donors (Lipinski definition) is 1. The Morgan fingerprint density at radius 1 is 1.13 bits per heavy atom. The largest absolute Gasteiger partial charge is 0.497 e. The predicted molar refractivity (Wildman–Crippen MR) is 119 cm³/mol. The molecule has 1 N–H and O–H groups in total. The van der Waals surface area contributed by atoms with E-state index in [4.69, 9.17) is 4.74 Å². The number of hydrogen-bond acceptors (Lipinski definition) is 6. The maximum atomic E-state index is 12.8. The van der Waals surface area contributed by atoms with Gasteiger partial charge in [-0.1, -0.05) is 0 Å². The molecule has 1 heterocycles. The Labute approximate surface area is 180 Å². The quantitative estimate of drug-likeness (QED) is 0.621. The maximum absolute atomic E-state index is 12.8. The van der Waals surface area contributed by atoms with Gasteiger partial charge in [-0.15, -0.1) is 11.3 Å². The molecule has 1 amide bonds. The molecule has 7 nitrogen and oxygen atoms in total. The fraction of sp³-hybridized carbons (Fsp3) is 0.238. The Balaban J connectivity index is 1.86. The lowest BCUT2D eigenvalue weighted by atomic mass is 10.1. The van der Waals surface area contributed by atoms with E-state index in [1.54, 1.807) is 27.0 Å². The lowest BCUT2D eigenvalue weighted by Gasteiger charge is -2.16. The number of benzene rings is 2. The second-order valence-corrected chi connectivity index (χ2v) is 9.90. The van der Waals surface area contributed by atoms with E-state index in [-0.39, 0.29) is 10.5 Å². The average Bonchev–Trinajstić information content (AvgIpc) is 3.18. The van der Waals surface area contributed by atoms with E-state index in [2.05, 4.69) is 10.3 Å². The van der Waals surface area contributed by atoms with Gasteiger partial charge in [-0.2, -0.15) is 0 Å². The van der Waals surface area contributed by atoms with Crippen LogP contribution >= 0.6 is 11.3 Å². The van der Waals surface area contributed by atoms with Gasteiger partial charge < -0.3 is 4.74 Å². The molecule has 158 valence electrons. The lowest BCUT2D eigenvalue weighted by Crippen LogP contribution is -2.24. The highest BCUT2D eigenvalue weighted by Crippen LogP contribution is 2.28. The molecule has 0 fully saturated rings. The minimum absolute atomic E-state index is 0.121. The van der Waals surface area contributed by atoms with Crippen molar-refractivity contribution in [3.63, 3.8) is 0 Å². The summed E-state index contributed by atoms with van der Waals surface area (Å²) in [5.41, 5.74) is 3.24. The van der Waals surface area contributed by atoms with Gasteiger partial charge in [0.15, 0.2) is 5.13 Å². The van der Waals surface area contributed by atoms with E-state index in [9.17, 15) is 13.2 Å². The zero-order chi connectivity index (χ0) is 22.1. The fourth-order valence-electron chi connectivity index (χ4n) is 2.82. The van der Waals surface area contributed by atoms with Gasteiger partial charge in [0, 0.05) is 30.6 Å². The van der Waals surface area contributed by atoms with Crippen molar-refractivity contribution in [3.05, 3.63) is 58.5 Å². The number of rotatable bonds is 6. The summed E-state index contributed by atoms with van der Waals surface area (Å²) in [6.45, 7) is 3.52. The van der Waals surface area contributed by atoms with E-state index in [1.165, 1.54) is 31.5 Å². The minimum atomic E-state index is -3.67. The van der Waals surface area contributed by atoms with Gasteiger partial charge >= 0.3 is 0 Å². The fourth-order valence-corrected chi connectivity index (χ4v) is 4.75. The predicted octanol–water partition coefficient (Wildman–Crippen LogP) is 3.94. The molecule has 0 bridgehead atoms. The number of ether oxygens (including phenoxy) is 1. The Hall–Kier alpha value is -2.75. The molecule has 0 aliphatic rings. The molecule has 0 atom stereocenters. The zero-order valence-electron chi connectivity index (χ0n) is 17.4. The second kappa shape index (κ2) is 8.55. The van der Waals surface area contributed by atoms with Gasteiger partial charge in [0.25, 0.3) is 5.91 Å². The van der Waals surface area contributed by atoms with Crippen LogP contribution < -0.4 is 10.1 Å². The van der Waals surface area contributed by atoms with Crippen molar-refractivity contribution in [1.82, 2.24) is 9.29 Å². The third-order valence-electron chi connectivity index (χ3n) is 4.75. The molecule has 1 aromatic heterocycles. The first-order valence-electron chi connectivity index (χ1n) is 9.08. The van der Waals surface area contributed by atoms with Gasteiger partial charge in [-0.05, 0) is 61.4 Å². The van der Waals surface area contributed by atoms with E-state index in [1.807, 2.05) is 29.6 Å². The molecule has 30 heavy (non-hydrogen) atoms. The van der Waals surface area contributed by atoms with Crippen molar-refractivity contribution in [2.75, 3.05) is 26.5 Å². The van der Waals surface area contributed by atoms with Crippen molar-refractivity contribution >= 4 is 32.4 Å². The van der Waals surface area contributed by atoms with Crippen LogP contribution in [0.3, 0.4) is 0 Å². The van der Waals surface area contributed by atoms with Gasteiger partial charge in [-0.3, -0.25) is 10.1 Å². The Bertz CT molecular complexity index is 1180. The summed E-state index contributed by atoms with van der Waals surface area (Å²) >= 11 is 1.30. The van der Waals surface area contributed by atoms with Gasteiger partial charge in [0.1, 0.15) is 5.75 Å². The molecule has 9 heteroatoms. The molecule has 0 aliphatic carbocycles. The maximum Gasteiger partial charge on any atom is 0.257 e. The number of thiazole rings is 1. The average molecular weight is 446 g/mol. The summed E-state index contributed by atoms with van der Waals surface area (Å²) in [5, 5.41) is 5.04. The number of nitrogens with one attached hydrogen (secondary N) is 1. The SMILES string of the molecule is COc1ccc(-c2csc(NC(=O)c3cc(C)c(C)c(S(=O)(=O)N(C)C)c3)n2)cc1. The standard InChI is InChI=1S/C21H23N3O4S2/c1-13-10-16(11-19(14(13)2)30(26,27)24(3)4)20(25)23-21-22-18(12-29-21)15-6-8-17(28-5)9-7-15/h6-12H,1-5H3,(H,22,23,25).